The Morgan fingerprint density at radius 2 is 1.86 bits per heavy atom. The van der Waals surface area contributed by atoms with Crippen LogP contribution in [0.15, 0.2) is 59.8 Å². The maximum Gasteiger partial charge on any atom is 0.337 e. The number of ether oxygens (including phenoxy) is 2. The normalized spacial score (nSPS) is 13.7. The lowest BCUT2D eigenvalue weighted by Crippen LogP contribution is -2.31. The molecule has 1 aliphatic rings. The van der Waals surface area contributed by atoms with Crippen LogP contribution in [-0.4, -0.2) is 48.7 Å². The number of hydrogen-bond donors (Lipinski definition) is 2. The fraction of sp³-hybridized carbons (Fsp3) is 0.200. The van der Waals surface area contributed by atoms with E-state index in [1.807, 2.05) is 0 Å². The lowest BCUT2D eigenvalue weighted by atomic mass is 10.2. The third kappa shape index (κ3) is 3.96. The highest BCUT2D eigenvalue weighted by Crippen LogP contribution is 2.33. The Hall–Kier alpha value is -3.39. The number of esters is 1. The standard InChI is InChI=1S/C20H19FN2O5/c1-27-20(26)13-12-23(10-11-24)19(25)18(13)22-15-7-3-5-9-17(15)28-16-8-4-2-6-14(16)21/h2-9,22,24H,10-12H2,1H3. The first kappa shape index (κ1) is 19.4. The van der Waals surface area contributed by atoms with Crippen LogP contribution < -0.4 is 10.1 Å². The summed E-state index contributed by atoms with van der Waals surface area (Å²) in [6.07, 6.45) is 0. The molecule has 0 spiro atoms. The summed E-state index contributed by atoms with van der Waals surface area (Å²) in [5.41, 5.74) is 0.549. The summed E-state index contributed by atoms with van der Waals surface area (Å²) in [7, 11) is 1.22. The zero-order valence-electron chi connectivity index (χ0n) is 15.1. The fourth-order valence-electron chi connectivity index (χ4n) is 2.79. The van der Waals surface area contributed by atoms with Crippen LogP contribution in [0.25, 0.3) is 0 Å². The minimum atomic E-state index is -0.649. The van der Waals surface area contributed by atoms with Gasteiger partial charge in [0, 0.05) is 6.54 Å². The average Bonchev–Trinajstić information content (AvgIpc) is 3.00. The van der Waals surface area contributed by atoms with E-state index in [0.29, 0.717) is 5.69 Å². The number of benzene rings is 2. The van der Waals surface area contributed by atoms with Crippen molar-refractivity contribution in [1.82, 2.24) is 4.90 Å². The molecule has 3 rings (SSSR count). The van der Waals surface area contributed by atoms with Crippen LogP contribution in [0.4, 0.5) is 10.1 Å². The number of halogens is 1. The summed E-state index contributed by atoms with van der Waals surface area (Å²) in [6.45, 7) is -0.136. The van der Waals surface area contributed by atoms with E-state index in [0.717, 1.165) is 0 Å². The van der Waals surface area contributed by atoms with Gasteiger partial charge in [-0.25, -0.2) is 9.18 Å². The Kier molecular flexibility index (Phi) is 5.90. The molecule has 1 aliphatic heterocycles. The molecule has 0 radical (unpaired) electrons. The second kappa shape index (κ2) is 8.53. The number of hydrogen-bond acceptors (Lipinski definition) is 6. The summed E-state index contributed by atoms with van der Waals surface area (Å²) >= 11 is 0. The third-order valence-corrected chi connectivity index (χ3v) is 4.16. The summed E-state index contributed by atoms with van der Waals surface area (Å²) in [4.78, 5) is 26.1. The van der Waals surface area contributed by atoms with Gasteiger partial charge in [0.2, 0.25) is 0 Å². The SMILES string of the molecule is COC(=O)C1=C(Nc2ccccc2Oc2ccccc2F)C(=O)N(CCO)C1. The summed E-state index contributed by atoms with van der Waals surface area (Å²) in [6, 6.07) is 12.6. The first-order valence-corrected chi connectivity index (χ1v) is 8.55. The number of carbonyl (C=O) groups is 2. The van der Waals surface area contributed by atoms with Crippen molar-refractivity contribution in [2.24, 2.45) is 0 Å². The number of nitrogens with one attached hydrogen (secondary N) is 1. The van der Waals surface area contributed by atoms with E-state index in [4.69, 9.17) is 14.6 Å². The number of anilines is 1. The molecule has 1 heterocycles. The number of β-amino-alcohol motifs (C(OH)–C–C–N with tert-alkyl or cyclic N) is 1. The van der Waals surface area contributed by atoms with Crippen molar-refractivity contribution in [3.63, 3.8) is 0 Å². The van der Waals surface area contributed by atoms with Crippen LogP contribution in [0.1, 0.15) is 0 Å². The maximum absolute atomic E-state index is 13.9. The highest BCUT2D eigenvalue weighted by Gasteiger charge is 2.34. The van der Waals surface area contributed by atoms with Gasteiger partial charge in [-0.05, 0) is 24.3 Å². The summed E-state index contributed by atoms with van der Waals surface area (Å²) < 4.78 is 24.3. The van der Waals surface area contributed by atoms with E-state index in [9.17, 15) is 14.0 Å². The lowest BCUT2D eigenvalue weighted by molar-refractivity contribution is -0.136. The van der Waals surface area contributed by atoms with Gasteiger partial charge in [0.05, 0.1) is 31.5 Å². The minimum absolute atomic E-state index is 0.0186. The van der Waals surface area contributed by atoms with Gasteiger partial charge in [-0.3, -0.25) is 4.79 Å². The molecule has 2 aromatic carbocycles. The maximum atomic E-state index is 13.9. The van der Waals surface area contributed by atoms with Crippen molar-refractivity contribution in [2.45, 2.75) is 0 Å². The predicted octanol–water partition coefficient (Wildman–Crippen LogP) is 2.29. The van der Waals surface area contributed by atoms with E-state index in [1.165, 1.54) is 24.1 Å². The van der Waals surface area contributed by atoms with Crippen LogP contribution >= 0.6 is 0 Å². The number of methoxy groups -OCH3 is 1. The highest BCUT2D eigenvalue weighted by atomic mass is 19.1. The topological polar surface area (TPSA) is 88.1 Å². The molecule has 0 saturated heterocycles. The molecule has 8 heteroatoms. The molecule has 2 N–H and O–H groups in total. The summed E-state index contributed by atoms with van der Waals surface area (Å²) in [5.74, 6) is -1.33. The zero-order valence-corrected chi connectivity index (χ0v) is 15.1. The van der Waals surface area contributed by atoms with Crippen molar-refractivity contribution >= 4 is 17.6 Å². The molecule has 0 fully saturated rings. The first-order valence-electron chi connectivity index (χ1n) is 8.55. The molecular weight excluding hydrogens is 367 g/mol. The van der Waals surface area contributed by atoms with Crippen LogP contribution in [0.5, 0.6) is 11.5 Å². The van der Waals surface area contributed by atoms with Gasteiger partial charge in [-0.15, -0.1) is 0 Å². The molecule has 146 valence electrons. The third-order valence-electron chi connectivity index (χ3n) is 4.16. The second-order valence-corrected chi connectivity index (χ2v) is 5.95. The van der Waals surface area contributed by atoms with Gasteiger partial charge >= 0.3 is 5.97 Å². The predicted molar refractivity (Wildman–Crippen MR) is 99.2 cm³/mol. The lowest BCUT2D eigenvalue weighted by Gasteiger charge is -2.16. The van der Waals surface area contributed by atoms with E-state index >= 15 is 0 Å². The Bertz CT molecular complexity index is 928. The smallest absolute Gasteiger partial charge is 0.337 e. The van der Waals surface area contributed by atoms with Gasteiger partial charge in [0.15, 0.2) is 17.3 Å². The van der Waals surface area contributed by atoms with Gasteiger partial charge in [0.25, 0.3) is 5.91 Å². The molecule has 0 atom stereocenters. The molecule has 0 bridgehead atoms. The highest BCUT2D eigenvalue weighted by molar-refractivity contribution is 6.08. The number of para-hydroxylation sites is 3. The Balaban J connectivity index is 1.92. The zero-order chi connectivity index (χ0) is 20.1. The van der Waals surface area contributed by atoms with Crippen LogP contribution in [0.3, 0.4) is 0 Å². The Morgan fingerprint density at radius 3 is 2.54 bits per heavy atom. The Morgan fingerprint density at radius 1 is 1.18 bits per heavy atom. The first-order chi connectivity index (χ1) is 13.5. The number of nitrogens with zero attached hydrogens (tertiary/aromatic N) is 1. The summed E-state index contributed by atoms with van der Waals surface area (Å²) in [5, 5.41) is 12.0. The monoisotopic (exact) mass is 386 g/mol. The van der Waals surface area contributed by atoms with Crippen LogP contribution in [0, 0.1) is 5.82 Å². The second-order valence-electron chi connectivity index (χ2n) is 5.95. The molecule has 1 amide bonds. The van der Waals surface area contributed by atoms with Crippen molar-refractivity contribution in [2.75, 3.05) is 32.1 Å². The number of aliphatic hydroxyl groups is 1. The van der Waals surface area contributed by atoms with E-state index in [-0.39, 0.29) is 42.5 Å². The number of amides is 1. The van der Waals surface area contributed by atoms with Gasteiger partial charge in [-0.1, -0.05) is 24.3 Å². The quantitative estimate of drug-likeness (QED) is 0.710. The molecule has 0 unspecified atom stereocenters. The van der Waals surface area contributed by atoms with Crippen LogP contribution in [-0.2, 0) is 14.3 Å². The number of carbonyl (C=O) groups excluding carboxylic acids is 2. The Labute approximate surface area is 161 Å². The van der Waals surface area contributed by atoms with Gasteiger partial charge in [-0.2, -0.15) is 0 Å². The molecule has 7 nitrogen and oxygen atoms in total. The van der Waals surface area contributed by atoms with Crippen molar-refractivity contribution < 1.29 is 28.6 Å². The van der Waals surface area contributed by atoms with E-state index in [2.05, 4.69) is 5.32 Å². The van der Waals surface area contributed by atoms with E-state index in [1.54, 1.807) is 36.4 Å². The van der Waals surface area contributed by atoms with Gasteiger partial charge < -0.3 is 24.8 Å². The van der Waals surface area contributed by atoms with Crippen molar-refractivity contribution in [1.29, 1.82) is 0 Å². The largest absolute Gasteiger partial charge is 0.466 e. The molecule has 28 heavy (non-hydrogen) atoms. The molecule has 2 aromatic rings. The molecular formula is C20H19FN2O5. The molecule has 0 saturated carbocycles. The fourth-order valence-corrected chi connectivity index (χ4v) is 2.79. The van der Waals surface area contributed by atoms with E-state index < -0.39 is 17.7 Å². The minimum Gasteiger partial charge on any atom is -0.466 e. The average molecular weight is 386 g/mol. The van der Waals surface area contributed by atoms with Crippen molar-refractivity contribution in [3.8, 4) is 11.5 Å². The number of aliphatic hydroxyl groups excluding tert-OH is 1. The van der Waals surface area contributed by atoms with Gasteiger partial charge in [0.1, 0.15) is 5.70 Å². The molecule has 0 aromatic heterocycles. The van der Waals surface area contributed by atoms with Crippen LogP contribution in [0.2, 0.25) is 0 Å². The van der Waals surface area contributed by atoms with Crippen molar-refractivity contribution in [3.05, 3.63) is 65.6 Å². The number of rotatable bonds is 7. The molecule has 0 aliphatic carbocycles.